The highest BCUT2D eigenvalue weighted by molar-refractivity contribution is 5.87. The van der Waals surface area contributed by atoms with Gasteiger partial charge < -0.3 is 9.55 Å². The summed E-state index contributed by atoms with van der Waals surface area (Å²) in [6, 6.07) is 15.8. The van der Waals surface area contributed by atoms with Crippen molar-refractivity contribution >= 4 is 21.8 Å². The lowest BCUT2D eigenvalue weighted by atomic mass is 9.98. The lowest BCUT2D eigenvalue weighted by Crippen LogP contribution is -2.06. The molecule has 0 aliphatic heterocycles. The molecule has 4 rings (SSSR count). The Kier molecular flexibility index (Phi) is 3.49. The SMILES string of the molecule is CCC(C)c1c[nH]c2cc(-n3ccc(=O)c4ccccc43)ccc12. The number of benzene rings is 2. The minimum absolute atomic E-state index is 0.0573. The highest BCUT2D eigenvalue weighted by atomic mass is 16.1. The molecule has 0 saturated heterocycles. The minimum atomic E-state index is 0.0573. The van der Waals surface area contributed by atoms with Crippen molar-refractivity contribution < 1.29 is 0 Å². The van der Waals surface area contributed by atoms with Gasteiger partial charge in [-0.1, -0.05) is 32.0 Å². The van der Waals surface area contributed by atoms with E-state index < -0.39 is 0 Å². The Morgan fingerprint density at radius 1 is 1.08 bits per heavy atom. The Balaban J connectivity index is 1.92. The van der Waals surface area contributed by atoms with Gasteiger partial charge in [0.1, 0.15) is 0 Å². The topological polar surface area (TPSA) is 37.8 Å². The molecule has 4 aromatic rings. The molecule has 0 fully saturated rings. The summed E-state index contributed by atoms with van der Waals surface area (Å²) in [4.78, 5) is 15.5. The maximum atomic E-state index is 12.1. The van der Waals surface area contributed by atoms with Gasteiger partial charge in [0.15, 0.2) is 5.43 Å². The third-order valence-corrected chi connectivity index (χ3v) is 4.92. The fraction of sp³-hybridized carbons (Fsp3) is 0.190. The van der Waals surface area contributed by atoms with Gasteiger partial charge >= 0.3 is 0 Å². The van der Waals surface area contributed by atoms with E-state index in [2.05, 4.69) is 47.8 Å². The number of H-pyrrole nitrogens is 1. The van der Waals surface area contributed by atoms with Crippen molar-refractivity contribution in [2.45, 2.75) is 26.2 Å². The highest BCUT2D eigenvalue weighted by Gasteiger charge is 2.11. The van der Waals surface area contributed by atoms with E-state index in [0.29, 0.717) is 5.92 Å². The molecule has 3 nitrogen and oxygen atoms in total. The van der Waals surface area contributed by atoms with Crippen molar-refractivity contribution in [1.82, 2.24) is 9.55 Å². The highest BCUT2D eigenvalue weighted by Crippen LogP contribution is 2.29. The van der Waals surface area contributed by atoms with Gasteiger partial charge in [0.25, 0.3) is 0 Å². The third kappa shape index (κ3) is 2.24. The maximum Gasteiger partial charge on any atom is 0.189 e. The lowest BCUT2D eigenvalue weighted by molar-refractivity contribution is 0.739. The van der Waals surface area contributed by atoms with Crippen molar-refractivity contribution in [3.05, 3.63) is 76.7 Å². The van der Waals surface area contributed by atoms with Gasteiger partial charge in [0.2, 0.25) is 0 Å². The summed E-state index contributed by atoms with van der Waals surface area (Å²) < 4.78 is 2.07. The van der Waals surface area contributed by atoms with Crippen molar-refractivity contribution in [2.24, 2.45) is 0 Å². The van der Waals surface area contributed by atoms with Crippen LogP contribution >= 0.6 is 0 Å². The van der Waals surface area contributed by atoms with Crippen molar-refractivity contribution in [3.63, 3.8) is 0 Å². The Morgan fingerprint density at radius 3 is 2.75 bits per heavy atom. The fourth-order valence-electron chi connectivity index (χ4n) is 3.34. The van der Waals surface area contributed by atoms with E-state index in [4.69, 9.17) is 0 Å². The molecular weight excluding hydrogens is 296 g/mol. The average Bonchev–Trinajstić information content (AvgIpc) is 3.05. The second kappa shape index (κ2) is 5.68. The Hall–Kier alpha value is -2.81. The first-order valence-electron chi connectivity index (χ1n) is 8.41. The zero-order valence-electron chi connectivity index (χ0n) is 13.9. The summed E-state index contributed by atoms with van der Waals surface area (Å²) >= 11 is 0. The van der Waals surface area contributed by atoms with Gasteiger partial charge in [-0.15, -0.1) is 0 Å². The number of pyridine rings is 1. The van der Waals surface area contributed by atoms with Gasteiger partial charge in [-0.05, 0) is 42.2 Å². The first-order chi connectivity index (χ1) is 11.7. The molecule has 2 aromatic heterocycles. The predicted molar refractivity (Wildman–Crippen MR) is 100 cm³/mol. The molecule has 1 atom stereocenters. The van der Waals surface area contributed by atoms with Crippen LogP contribution in [0.15, 0.2) is 65.7 Å². The summed E-state index contributed by atoms with van der Waals surface area (Å²) in [7, 11) is 0. The maximum absolute atomic E-state index is 12.1. The van der Waals surface area contributed by atoms with Crippen LogP contribution in [0.2, 0.25) is 0 Å². The number of hydrogen-bond donors (Lipinski definition) is 1. The Labute approximate surface area is 140 Å². The van der Waals surface area contributed by atoms with Gasteiger partial charge in [0, 0.05) is 40.4 Å². The number of fused-ring (bicyclic) bond motifs is 2. The summed E-state index contributed by atoms with van der Waals surface area (Å²) in [6.45, 7) is 4.47. The van der Waals surface area contributed by atoms with E-state index in [1.54, 1.807) is 6.07 Å². The van der Waals surface area contributed by atoms with E-state index in [1.807, 2.05) is 30.5 Å². The van der Waals surface area contributed by atoms with Crippen LogP contribution in [0.3, 0.4) is 0 Å². The van der Waals surface area contributed by atoms with Crippen LogP contribution in [-0.2, 0) is 0 Å². The van der Waals surface area contributed by atoms with Crippen molar-refractivity contribution in [2.75, 3.05) is 0 Å². The molecule has 0 bridgehead atoms. The average molecular weight is 316 g/mol. The number of aromatic nitrogens is 2. The van der Waals surface area contributed by atoms with E-state index in [9.17, 15) is 4.79 Å². The van der Waals surface area contributed by atoms with Gasteiger partial charge in [-0.2, -0.15) is 0 Å². The molecule has 2 heterocycles. The van der Waals surface area contributed by atoms with E-state index in [1.165, 1.54) is 10.9 Å². The fourth-order valence-corrected chi connectivity index (χ4v) is 3.34. The lowest BCUT2D eigenvalue weighted by Gasteiger charge is -2.11. The molecule has 24 heavy (non-hydrogen) atoms. The smallest absolute Gasteiger partial charge is 0.189 e. The summed E-state index contributed by atoms with van der Waals surface area (Å²) in [5, 5.41) is 2.02. The number of nitrogens with zero attached hydrogens (tertiary/aromatic N) is 1. The molecule has 0 saturated carbocycles. The molecule has 3 heteroatoms. The van der Waals surface area contributed by atoms with Crippen LogP contribution < -0.4 is 5.43 Å². The molecule has 0 aliphatic rings. The molecular formula is C21H20N2O. The second-order valence-corrected chi connectivity index (χ2v) is 6.35. The standard InChI is InChI=1S/C21H20N2O/c1-3-14(2)18-13-22-19-12-15(8-9-16(18)19)23-11-10-21(24)17-6-4-5-7-20(17)23/h4-14,22H,3H2,1-2H3. The summed E-state index contributed by atoms with van der Waals surface area (Å²) in [5.41, 5.74) is 4.53. The van der Waals surface area contributed by atoms with Gasteiger partial charge in [0.05, 0.1) is 5.52 Å². The Morgan fingerprint density at radius 2 is 1.92 bits per heavy atom. The molecule has 1 unspecified atom stereocenters. The number of aromatic amines is 1. The zero-order valence-corrected chi connectivity index (χ0v) is 13.9. The Bertz CT molecular complexity index is 1090. The van der Waals surface area contributed by atoms with Crippen LogP contribution in [-0.4, -0.2) is 9.55 Å². The first-order valence-corrected chi connectivity index (χ1v) is 8.41. The summed E-state index contributed by atoms with van der Waals surface area (Å²) in [6.07, 6.45) is 5.09. The quantitative estimate of drug-likeness (QED) is 0.568. The molecule has 0 aliphatic carbocycles. The number of hydrogen-bond acceptors (Lipinski definition) is 1. The molecule has 1 N–H and O–H groups in total. The van der Waals surface area contributed by atoms with Crippen LogP contribution in [0.5, 0.6) is 0 Å². The number of nitrogens with one attached hydrogen (secondary N) is 1. The molecule has 0 amide bonds. The number of rotatable bonds is 3. The minimum Gasteiger partial charge on any atom is -0.361 e. The van der Waals surface area contributed by atoms with E-state index in [-0.39, 0.29) is 5.43 Å². The number of para-hydroxylation sites is 1. The van der Waals surface area contributed by atoms with Gasteiger partial charge in [-0.25, -0.2) is 0 Å². The molecule has 120 valence electrons. The largest absolute Gasteiger partial charge is 0.361 e. The van der Waals surface area contributed by atoms with E-state index >= 15 is 0 Å². The van der Waals surface area contributed by atoms with Crippen molar-refractivity contribution in [3.8, 4) is 5.69 Å². The molecule has 0 spiro atoms. The molecule has 0 radical (unpaired) electrons. The normalized spacial score (nSPS) is 12.8. The van der Waals surface area contributed by atoms with Crippen LogP contribution in [0, 0.1) is 0 Å². The van der Waals surface area contributed by atoms with E-state index in [0.717, 1.165) is 28.5 Å². The van der Waals surface area contributed by atoms with Crippen molar-refractivity contribution in [1.29, 1.82) is 0 Å². The monoisotopic (exact) mass is 316 g/mol. The van der Waals surface area contributed by atoms with Crippen LogP contribution in [0.4, 0.5) is 0 Å². The summed E-state index contributed by atoms with van der Waals surface area (Å²) in [5.74, 6) is 0.540. The first kappa shape index (κ1) is 14.8. The third-order valence-electron chi connectivity index (χ3n) is 4.92. The second-order valence-electron chi connectivity index (χ2n) is 6.35. The van der Waals surface area contributed by atoms with Crippen LogP contribution in [0.25, 0.3) is 27.5 Å². The molecule has 2 aromatic carbocycles. The predicted octanol–water partition coefficient (Wildman–Crippen LogP) is 4.99. The van der Waals surface area contributed by atoms with Crippen LogP contribution in [0.1, 0.15) is 31.7 Å². The van der Waals surface area contributed by atoms with Gasteiger partial charge in [-0.3, -0.25) is 4.79 Å². The zero-order chi connectivity index (χ0) is 16.7.